The number of rotatable bonds is 6. The van der Waals surface area contributed by atoms with Crippen molar-refractivity contribution < 1.29 is 14.7 Å². The molecular weight excluding hydrogens is 266 g/mol. The number of hydrogen-bond donors (Lipinski definition) is 1. The molecule has 4 nitrogen and oxygen atoms in total. The van der Waals surface area contributed by atoms with Crippen molar-refractivity contribution in [2.45, 2.75) is 66.7 Å². The van der Waals surface area contributed by atoms with E-state index in [0.29, 0.717) is 5.41 Å². The molecule has 0 aromatic rings. The van der Waals surface area contributed by atoms with Crippen LogP contribution < -0.4 is 0 Å². The van der Waals surface area contributed by atoms with Crippen molar-refractivity contribution in [2.75, 3.05) is 13.1 Å². The van der Waals surface area contributed by atoms with Gasteiger partial charge < -0.3 is 10.0 Å². The lowest BCUT2D eigenvalue weighted by molar-refractivity contribution is -0.156. The molecule has 1 aliphatic rings. The average molecular weight is 297 g/mol. The van der Waals surface area contributed by atoms with Gasteiger partial charge in [-0.2, -0.15) is 0 Å². The SMILES string of the molecule is CCC1(CC)CCN(C(=O)CC(C)(C(=O)O)C(C)C)CC1. The molecule has 122 valence electrons. The van der Waals surface area contributed by atoms with Crippen molar-refractivity contribution in [2.24, 2.45) is 16.7 Å². The van der Waals surface area contributed by atoms with Crippen LogP contribution >= 0.6 is 0 Å². The summed E-state index contributed by atoms with van der Waals surface area (Å²) < 4.78 is 0. The summed E-state index contributed by atoms with van der Waals surface area (Å²) in [4.78, 5) is 25.8. The number of carboxylic acid groups (broad SMARTS) is 1. The Kier molecular flexibility index (Phi) is 5.83. The van der Waals surface area contributed by atoms with E-state index in [1.54, 1.807) is 6.92 Å². The van der Waals surface area contributed by atoms with Gasteiger partial charge >= 0.3 is 5.97 Å². The second-order valence-corrected chi connectivity index (χ2v) is 7.14. The Labute approximate surface area is 128 Å². The second kappa shape index (κ2) is 6.80. The van der Waals surface area contributed by atoms with Gasteiger partial charge in [0.25, 0.3) is 0 Å². The normalized spacial score (nSPS) is 21.1. The van der Waals surface area contributed by atoms with Gasteiger partial charge in [0.2, 0.25) is 5.91 Å². The minimum absolute atomic E-state index is 0.00518. The zero-order chi connectivity index (χ0) is 16.3. The van der Waals surface area contributed by atoms with Gasteiger partial charge in [0, 0.05) is 19.5 Å². The van der Waals surface area contributed by atoms with Crippen LogP contribution in [0, 0.1) is 16.7 Å². The summed E-state index contributed by atoms with van der Waals surface area (Å²) in [5.41, 5.74) is -0.591. The van der Waals surface area contributed by atoms with Crippen molar-refractivity contribution in [1.82, 2.24) is 4.90 Å². The number of carbonyl (C=O) groups is 2. The Morgan fingerprint density at radius 1 is 1.19 bits per heavy atom. The minimum Gasteiger partial charge on any atom is -0.481 e. The van der Waals surface area contributed by atoms with Crippen LogP contribution in [-0.4, -0.2) is 35.0 Å². The van der Waals surface area contributed by atoms with E-state index in [-0.39, 0.29) is 18.2 Å². The molecule has 4 heteroatoms. The monoisotopic (exact) mass is 297 g/mol. The van der Waals surface area contributed by atoms with Crippen LogP contribution in [0.3, 0.4) is 0 Å². The fourth-order valence-corrected chi connectivity index (χ4v) is 3.14. The molecule has 1 atom stereocenters. The molecule has 0 bridgehead atoms. The van der Waals surface area contributed by atoms with Crippen LogP contribution in [0.4, 0.5) is 0 Å². The molecule has 21 heavy (non-hydrogen) atoms. The number of nitrogens with zero attached hydrogens (tertiary/aromatic N) is 1. The van der Waals surface area contributed by atoms with Crippen LogP contribution in [0.25, 0.3) is 0 Å². The molecule has 1 heterocycles. The number of aliphatic carboxylic acids is 1. The Bertz CT molecular complexity index is 377. The molecule has 0 radical (unpaired) electrons. The third kappa shape index (κ3) is 3.78. The van der Waals surface area contributed by atoms with Gasteiger partial charge in [0.1, 0.15) is 0 Å². The smallest absolute Gasteiger partial charge is 0.310 e. The van der Waals surface area contributed by atoms with E-state index in [9.17, 15) is 14.7 Å². The van der Waals surface area contributed by atoms with Gasteiger partial charge in [-0.25, -0.2) is 0 Å². The van der Waals surface area contributed by atoms with Crippen LogP contribution in [0.1, 0.15) is 66.7 Å². The molecule has 1 saturated heterocycles. The Morgan fingerprint density at radius 2 is 1.67 bits per heavy atom. The Morgan fingerprint density at radius 3 is 2.00 bits per heavy atom. The highest BCUT2D eigenvalue weighted by Crippen LogP contribution is 2.39. The predicted molar refractivity (Wildman–Crippen MR) is 84.0 cm³/mol. The lowest BCUT2D eigenvalue weighted by Gasteiger charge is -2.42. The van der Waals surface area contributed by atoms with Crippen LogP contribution in [0.5, 0.6) is 0 Å². The zero-order valence-electron chi connectivity index (χ0n) is 14.2. The molecule has 0 spiro atoms. The first kappa shape index (κ1) is 18.0. The van der Waals surface area contributed by atoms with Crippen molar-refractivity contribution in [3.05, 3.63) is 0 Å². The highest BCUT2D eigenvalue weighted by atomic mass is 16.4. The lowest BCUT2D eigenvalue weighted by Crippen LogP contribution is -2.46. The van der Waals surface area contributed by atoms with Crippen LogP contribution in [-0.2, 0) is 9.59 Å². The van der Waals surface area contributed by atoms with E-state index >= 15 is 0 Å². The molecule has 1 N–H and O–H groups in total. The molecule has 1 aliphatic heterocycles. The summed E-state index contributed by atoms with van der Waals surface area (Å²) in [7, 11) is 0. The number of piperidine rings is 1. The first-order valence-electron chi connectivity index (χ1n) is 8.22. The topological polar surface area (TPSA) is 57.6 Å². The number of carbonyl (C=O) groups excluding carboxylic acids is 1. The average Bonchev–Trinajstić information content (AvgIpc) is 2.46. The highest BCUT2D eigenvalue weighted by Gasteiger charge is 2.41. The number of amides is 1. The summed E-state index contributed by atoms with van der Waals surface area (Å²) in [5, 5.41) is 9.44. The van der Waals surface area contributed by atoms with E-state index in [4.69, 9.17) is 0 Å². The minimum atomic E-state index is -0.971. The molecule has 1 unspecified atom stereocenters. The van der Waals surface area contributed by atoms with E-state index in [0.717, 1.165) is 38.8 Å². The van der Waals surface area contributed by atoms with Gasteiger partial charge in [-0.05, 0) is 31.1 Å². The third-order valence-electron chi connectivity index (χ3n) is 5.96. The number of carboxylic acids is 1. The molecule has 1 fully saturated rings. The Balaban J connectivity index is 2.68. The highest BCUT2D eigenvalue weighted by molar-refractivity contribution is 5.85. The number of likely N-dealkylation sites (tertiary alicyclic amines) is 1. The molecular formula is C17H31NO3. The maximum atomic E-state index is 12.5. The summed E-state index contributed by atoms with van der Waals surface area (Å²) in [6.45, 7) is 11.4. The number of hydrogen-bond acceptors (Lipinski definition) is 2. The predicted octanol–water partition coefficient (Wildman–Crippen LogP) is 3.55. The van der Waals surface area contributed by atoms with Gasteiger partial charge in [0.05, 0.1) is 5.41 Å². The van der Waals surface area contributed by atoms with Crippen molar-refractivity contribution >= 4 is 11.9 Å². The van der Waals surface area contributed by atoms with Crippen molar-refractivity contribution in [3.8, 4) is 0 Å². The van der Waals surface area contributed by atoms with Gasteiger partial charge in [0.15, 0.2) is 0 Å². The van der Waals surface area contributed by atoms with Crippen LogP contribution in [0.2, 0.25) is 0 Å². The fraction of sp³-hybridized carbons (Fsp3) is 0.882. The van der Waals surface area contributed by atoms with E-state index < -0.39 is 11.4 Å². The van der Waals surface area contributed by atoms with Gasteiger partial charge in [-0.3, -0.25) is 9.59 Å². The quantitative estimate of drug-likeness (QED) is 0.815. The van der Waals surface area contributed by atoms with Crippen molar-refractivity contribution in [1.29, 1.82) is 0 Å². The molecule has 0 aromatic heterocycles. The molecule has 1 rings (SSSR count). The van der Waals surface area contributed by atoms with Crippen LogP contribution in [0.15, 0.2) is 0 Å². The molecule has 0 aliphatic carbocycles. The fourth-order valence-electron chi connectivity index (χ4n) is 3.14. The van der Waals surface area contributed by atoms with E-state index in [1.165, 1.54) is 0 Å². The van der Waals surface area contributed by atoms with E-state index in [1.807, 2.05) is 18.7 Å². The summed E-state index contributed by atoms with van der Waals surface area (Å²) >= 11 is 0. The molecule has 0 saturated carbocycles. The first-order chi connectivity index (χ1) is 9.70. The second-order valence-electron chi connectivity index (χ2n) is 7.14. The largest absolute Gasteiger partial charge is 0.481 e. The summed E-state index contributed by atoms with van der Waals surface area (Å²) in [6.07, 6.45) is 4.49. The maximum Gasteiger partial charge on any atom is 0.310 e. The van der Waals surface area contributed by atoms with Crippen molar-refractivity contribution in [3.63, 3.8) is 0 Å². The Hall–Kier alpha value is -1.06. The lowest BCUT2D eigenvalue weighted by atomic mass is 9.73. The van der Waals surface area contributed by atoms with E-state index in [2.05, 4.69) is 13.8 Å². The first-order valence-corrected chi connectivity index (χ1v) is 8.22. The third-order valence-corrected chi connectivity index (χ3v) is 5.96. The summed E-state index contributed by atoms with van der Waals surface area (Å²) in [6, 6.07) is 0. The van der Waals surface area contributed by atoms with Gasteiger partial charge in [-0.1, -0.05) is 40.5 Å². The zero-order valence-corrected chi connectivity index (χ0v) is 14.2. The molecule has 0 aromatic carbocycles. The molecule has 1 amide bonds. The standard InChI is InChI=1S/C17H31NO3/c1-6-17(7-2)8-10-18(11-9-17)14(19)12-16(5,13(3)4)15(20)21/h13H,6-12H2,1-5H3,(H,20,21). The summed E-state index contributed by atoms with van der Waals surface area (Å²) in [5.74, 6) is -0.942. The van der Waals surface area contributed by atoms with Gasteiger partial charge in [-0.15, -0.1) is 0 Å². The maximum absolute atomic E-state index is 12.5.